The summed E-state index contributed by atoms with van der Waals surface area (Å²) in [6.45, 7) is 4.08. The van der Waals surface area contributed by atoms with E-state index in [-0.39, 0.29) is 18.4 Å². The molecule has 0 bridgehead atoms. The van der Waals surface area contributed by atoms with E-state index in [0.29, 0.717) is 11.7 Å². The van der Waals surface area contributed by atoms with Gasteiger partial charge in [-0.25, -0.2) is 22.7 Å². The monoisotopic (exact) mass is 288 g/mol. The molecule has 0 radical (unpaired) electrons. The number of nitrogens with one attached hydrogen (secondary N) is 1. The van der Waals surface area contributed by atoms with Crippen molar-refractivity contribution in [1.82, 2.24) is 14.3 Å². The molecule has 108 valence electrons. The zero-order chi connectivity index (χ0) is 14.5. The lowest BCUT2D eigenvalue weighted by Gasteiger charge is -2.12. The molecule has 1 N–H and O–H groups in total. The zero-order valence-electron chi connectivity index (χ0n) is 11.6. The van der Waals surface area contributed by atoms with E-state index >= 15 is 0 Å². The molecular formula is C11H20N4O3S. The normalized spacial score (nSPS) is 11.9. The Balaban J connectivity index is 2.54. The molecule has 0 spiro atoms. The standard InChI is InChI=1S/C11H20N4O3S/c1-9(2)18-11-7-10(13-8-14-11)12-5-6-19(16,17)15(3)4/h7-9H,5-6H2,1-4H3,(H,12,13,14). The average Bonchev–Trinajstić information content (AvgIpc) is 2.28. The van der Waals surface area contributed by atoms with E-state index in [1.54, 1.807) is 6.07 Å². The van der Waals surface area contributed by atoms with Gasteiger partial charge in [-0.3, -0.25) is 0 Å². The minimum Gasteiger partial charge on any atom is -0.475 e. The SMILES string of the molecule is CC(C)Oc1cc(NCCS(=O)(=O)N(C)C)ncn1. The molecule has 0 amide bonds. The molecule has 19 heavy (non-hydrogen) atoms. The first-order chi connectivity index (χ1) is 8.81. The van der Waals surface area contributed by atoms with Crippen LogP contribution < -0.4 is 10.1 Å². The van der Waals surface area contributed by atoms with Crippen LogP contribution in [0.3, 0.4) is 0 Å². The van der Waals surface area contributed by atoms with Crippen LogP contribution in [0.4, 0.5) is 5.82 Å². The van der Waals surface area contributed by atoms with Crippen molar-refractivity contribution in [3.8, 4) is 5.88 Å². The fourth-order valence-corrected chi connectivity index (χ4v) is 1.96. The van der Waals surface area contributed by atoms with Crippen molar-refractivity contribution in [3.05, 3.63) is 12.4 Å². The van der Waals surface area contributed by atoms with E-state index in [1.165, 1.54) is 24.7 Å². The van der Waals surface area contributed by atoms with Gasteiger partial charge in [-0.05, 0) is 13.8 Å². The Hall–Kier alpha value is -1.41. The first kappa shape index (κ1) is 15.6. The summed E-state index contributed by atoms with van der Waals surface area (Å²) < 4.78 is 29.7. The van der Waals surface area contributed by atoms with Crippen molar-refractivity contribution < 1.29 is 13.2 Å². The van der Waals surface area contributed by atoms with Crippen LogP contribution in [0.5, 0.6) is 5.88 Å². The third kappa shape index (κ3) is 5.39. The van der Waals surface area contributed by atoms with Crippen LogP contribution in [0.25, 0.3) is 0 Å². The molecule has 8 heteroatoms. The number of hydrogen-bond acceptors (Lipinski definition) is 6. The Bertz CT molecular complexity index is 502. The Morgan fingerprint density at radius 1 is 1.37 bits per heavy atom. The predicted octanol–water partition coefficient (Wildman–Crippen LogP) is 0.567. The smallest absolute Gasteiger partial charge is 0.218 e. The molecule has 7 nitrogen and oxygen atoms in total. The highest BCUT2D eigenvalue weighted by Crippen LogP contribution is 2.12. The van der Waals surface area contributed by atoms with Crippen LogP contribution in [0, 0.1) is 0 Å². The number of anilines is 1. The second-order valence-corrected chi connectivity index (χ2v) is 6.74. The molecule has 0 saturated heterocycles. The van der Waals surface area contributed by atoms with Crippen LogP contribution in [0.2, 0.25) is 0 Å². The number of aromatic nitrogens is 2. The van der Waals surface area contributed by atoms with Crippen LogP contribution in [-0.2, 0) is 10.0 Å². The summed E-state index contributed by atoms with van der Waals surface area (Å²) in [5, 5.41) is 2.93. The maximum atomic E-state index is 11.6. The predicted molar refractivity (Wildman–Crippen MR) is 73.8 cm³/mol. The molecular weight excluding hydrogens is 268 g/mol. The minimum atomic E-state index is -3.20. The highest BCUT2D eigenvalue weighted by atomic mass is 32.2. The number of nitrogens with zero attached hydrogens (tertiary/aromatic N) is 3. The third-order valence-electron chi connectivity index (χ3n) is 2.22. The second kappa shape index (κ2) is 6.67. The summed E-state index contributed by atoms with van der Waals surface area (Å²) in [6, 6.07) is 1.64. The van der Waals surface area contributed by atoms with Gasteiger partial charge in [0.25, 0.3) is 0 Å². The van der Waals surface area contributed by atoms with Gasteiger partial charge in [0, 0.05) is 26.7 Å². The molecule has 0 aliphatic carbocycles. The van der Waals surface area contributed by atoms with Crippen molar-refractivity contribution in [2.45, 2.75) is 20.0 Å². The second-order valence-electron chi connectivity index (χ2n) is 4.43. The Morgan fingerprint density at radius 3 is 2.63 bits per heavy atom. The lowest BCUT2D eigenvalue weighted by atomic mass is 10.5. The van der Waals surface area contributed by atoms with Gasteiger partial charge in [0.1, 0.15) is 12.1 Å². The molecule has 1 aromatic rings. The van der Waals surface area contributed by atoms with Crippen molar-refractivity contribution in [3.63, 3.8) is 0 Å². The van der Waals surface area contributed by atoms with Crippen molar-refractivity contribution in [1.29, 1.82) is 0 Å². The summed E-state index contributed by atoms with van der Waals surface area (Å²) in [7, 11) is -0.184. The van der Waals surface area contributed by atoms with Crippen LogP contribution in [-0.4, -0.2) is 55.2 Å². The molecule has 1 rings (SSSR count). The maximum Gasteiger partial charge on any atom is 0.218 e. The number of sulfonamides is 1. The summed E-state index contributed by atoms with van der Waals surface area (Å²) in [5.74, 6) is 1.01. The highest BCUT2D eigenvalue weighted by Gasteiger charge is 2.12. The number of rotatable bonds is 7. The molecule has 0 aliphatic rings. The molecule has 0 aromatic carbocycles. The van der Waals surface area contributed by atoms with Gasteiger partial charge in [-0.15, -0.1) is 0 Å². The summed E-state index contributed by atoms with van der Waals surface area (Å²) in [4.78, 5) is 7.97. The maximum absolute atomic E-state index is 11.6. The highest BCUT2D eigenvalue weighted by molar-refractivity contribution is 7.89. The Morgan fingerprint density at radius 2 is 2.05 bits per heavy atom. The molecule has 0 unspecified atom stereocenters. The lowest BCUT2D eigenvalue weighted by molar-refractivity contribution is 0.232. The molecule has 1 heterocycles. The van der Waals surface area contributed by atoms with Crippen molar-refractivity contribution in [2.24, 2.45) is 0 Å². The van der Waals surface area contributed by atoms with Gasteiger partial charge < -0.3 is 10.1 Å². The molecule has 0 fully saturated rings. The first-order valence-corrected chi connectivity index (χ1v) is 7.55. The fraction of sp³-hybridized carbons (Fsp3) is 0.636. The first-order valence-electron chi connectivity index (χ1n) is 5.94. The van der Waals surface area contributed by atoms with Crippen LogP contribution in [0.15, 0.2) is 12.4 Å². The van der Waals surface area contributed by atoms with Gasteiger partial charge in [0.2, 0.25) is 15.9 Å². The zero-order valence-corrected chi connectivity index (χ0v) is 12.4. The van der Waals surface area contributed by atoms with E-state index in [2.05, 4.69) is 15.3 Å². The minimum absolute atomic E-state index is 0.00434. The van der Waals surface area contributed by atoms with Gasteiger partial charge in [0.05, 0.1) is 11.9 Å². The fourth-order valence-electron chi connectivity index (χ4n) is 1.23. The quantitative estimate of drug-likeness (QED) is 0.789. The van der Waals surface area contributed by atoms with Crippen molar-refractivity contribution in [2.75, 3.05) is 31.7 Å². The molecule has 1 aromatic heterocycles. The van der Waals surface area contributed by atoms with Gasteiger partial charge >= 0.3 is 0 Å². The van der Waals surface area contributed by atoms with E-state index in [4.69, 9.17) is 4.74 Å². The Labute approximate surface area is 114 Å². The molecule has 0 saturated carbocycles. The molecule has 0 aliphatic heterocycles. The van der Waals surface area contributed by atoms with E-state index in [1.807, 2.05) is 13.8 Å². The van der Waals surface area contributed by atoms with Crippen molar-refractivity contribution >= 4 is 15.8 Å². The van der Waals surface area contributed by atoms with Gasteiger partial charge in [0.15, 0.2) is 0 Å². The Kier molecular flexibility index (Phi) is 5.49. The average molecular weight is 288 g/mol. The topological polar surface area (TPSA) is 84.4 Å². The third-order valence-corrected chi connectivity index (χ3v) is 4.05. The molecule has 0 atom stereocenters. The van der Waals surface area contributed by atoms with E-state index in [9.17, 15) is 8.42 Å². The van der Waals surface area contributed by atoms with Gasteiger partial charge in [-0.1, -0.05) is 0 Å². The van der Waals surface area contributed by atoms with Crippen LogP contribution in [0.1, 0.15) is 13.8 Å². The van der Waals surface area contributed by atoms with E-state index in [0.717, 1.165) is 0 Å². The van der Waals surface area contributed by atoms with E-state index < -0.39 is 10.0 Å². The lowest BCUT2D eigenvalue weighted by Crippen LogP contribution is -2.28. The van der Waals surface area contributed by atoms with Crippen LogP contribution >= 0.6 is 0 Å². The summed E-state index contributed by atoms with van der Waals surface area (Å²) >= 11 is 0. The number of ether oxygens (including phenoxy) is 1. The largest absolute Gasteiger partial charge is 0.475 e. The number of hydrogen-bond donors (Lipinski definition) is 1. The van der Waals surface area contributed by atoms with Gasteiger partial charge in [-0.2, -0.15) is 0 Å². The summed E-state index contributed by atoms with van der Waals surface area (Å²) in [5.41, 5.74) is 0. The summed E-state index contributed by atoms with van der Waals surface area (Å²) in [6.07, 6.45) is 1.40.